The van der Waals surface area contributed by atoms with Crippen molar-refractivity contribution >= 4 is 16.6 Å². The van der Waals surface area contributed by atoms with E-state index in [1.54, 1.807) is 25.1 Å². The van der Waals surface area contributed by atoms with Gasteiger partial charge in [0, 0.05) is 16.7 Å². The molecular formula is C18H14O2. The SMILES string of the molecule is Cc1c(O)cccc1C(=O)c1cccc2ccccc12. The van der Waals surface area contributed by atoms with Crippen LogP contribution in [0.2, 0.25) is 0 Å². The van der Waals surface area contributed by atoms with Crippen molar-refractivity contribution in [2.75, 3.05) is 0 Å². The van der Waals surface area contributed by atoms with Crippen molar-refractivity contribution in [1.29, 1.82) is 0 Å². The maximum Gasteiger partial charge on any atom is 0.194 e. The van der Waals surface area contributed by atoms with Gasteiger partial charge in [-0.05, 0) is 23.8 Å². The predicted molar refractivity (Wildman–Crippen MR) is 80.2 cm³/mol. The van der Waals surface area contributed by atoms with Gasteiger partial charge in [0.15, 0.2) is 5.78 Å². The second kappa shape index (κ2) is 4.82. The molecule has 0 radical (unpaired) electrons. The van der Waals surface area contributed by atoms with Gasteiger partial charge in [-0.25, -0.2) is 0 Å². The Balaban J connectivity index is 2.21. The van der Waals surface area contributed by atoms with Gasteiger partial charge in [-0.3, -0.25) is 4.79 Å². The molecule has 98 valence electrons. The number of carbonyl (C=O) groups is 1. The van der Waals surface area contributed by atoms with Crippen LogP contribution in [0.4, 0.5) is 0 Å². The summed E-state index contributed by atoms with van der Waals surface area (Å²) >= 11 is 0. The molecule has 0 aliphatic carbocycles. The molecule has 20 heavy (non-hydrogen) atoms. The van der Waals surface area contributed by atoms with Crippen LogP contribution in [0.15, 0.2) is 60.7 Å². The van der Waals surface area contributed by atoms with E-state index in [1.165, 1.54) is 0 Å². The molecule has 2 heteroatoms. The van der Waals surface area contributed by atoms with Gasteiger partial charge in [-0.1, -0.05) is 54.6 Å². The van der Waals surface area contributed by atoms with Crippen molar-refractivity contribution in [3.63, 3.8) is 0 Å². The summed E-state index contributed by atoms with van der Waals surface area (Å²) in [5.41, 5.74) is 1.82. The van der Waals surface area contributed by atoms with E-state index in [0.717, 1.165) is 10.8 Å². The number of phenolic OH excluding ortho intramolecular Hbond substituents is 1. The molecule has 3 aromatic carbocycles. The second-order valence-electron chi connectivity index (χ2n) is 4.81. The smallest absolute Gasteiger partial charge is 0.194 e. The third-order valence-electron chi connectivity index (χ3n) is 3.58. The molecule has 0 aromatic heterocycles. The molecule has 0 atom stereocenters. The minimum Gasteiger partial charge on any atom is -0.508 e. The Kier molecular flexibility index (Phi) is 2.99. The fourth-order valence-electron chi connectivity index (χ4n) is 2.44. The predicted octanol–water partition coefficient (Wildman–Crippen LogP) is 4.08. The van der Waals surface area contributed by atoms with Crippen LogP contribution >= 0.6 is 0 Å². The molecule has 2 nitrogen and oxygen atoms in total. The van der Waals surface area contributed by atoms with Crippen LogP contribution in [-0.2, 0) is 0 Å². The molecule has 3 aromatic rings. The lowest BCUT2D eigenvalue weighted by Crippen LogP contribution is -2.04. The number of aromatic hydroxyl groups is 1. The average molecular weight is 262 g/mol. The van der Waals surface area contributed by atoms with Gasteiger partial charge in [0.05, 0.1) is 0 Å². The monoisotopic (exact) mass is 262 g/mol. The number of benzene rings is 3. The number of phenols is 1. The molecule has 0 fully saturated rings. The van der Waals surface area contributed by atoms with E-state index in [-0.39, 0.29) is 11.5 Å². The molecule has 0 saturated carbocycles. The number of hydrogen-bond acceptors (Lipinski definition) is 2. The maximum atomic E-state index is 12.7. The van der Waals surface area contributed by atoms with Crippen molar-refractivity contribution in [1.82, 2.24) is 0 Å². The number of carbonyl (C=O) groups excluding carboxylic acids is 1. The number of ketones is 1. The Labute approximate surface area is 117 Å². The van der Waals surface area contributed by atoms with Gasteiger partial charge in [0.1, 0.15) is 5.75 Å². The lowest BCUT2D eigenvalue weighted by Gasteiger charge is -2.09. The quantitative estimate of drug-likeness (QED) is 0.706. The van der Waals surface area contributed by atoms with Crippen LogP contribution in [0.1, 0.15) is 21.5 Å². The molecule has 0 aliphatic rings. The van der Waals surface area contributed by atoms with E-state index >= 15 is 0 Å². The van der Waals surface area contributed by atoms with Gasteiger partial charge in [0.25, 0.3) is 0 Å². The third-order valence-corrected chi connectivity index (χ3v) is 3.58. The first kappa shape index (κ1) is 12.4. The topological polar surface area (TPSA) is 37.3 Å². The third kappa shape index (κ3) is 1.95. The molecule has 0 spiro atoms. The van der Waals surface area contributed by atoms with Gasteiger partial charge in [-0.2, -0.15) is 0 Å². The van der Waals surface area contributed by atoms with E-state index < -0.39 is 0 Å². The Morgan fingerprint density at radius 1 is 0.850 bits per heavy atom. The highest BCUT2D eigenvalue weighted by Crippen LogP contribution is 2.25. The first-order valence-corrected chi connectivity index (χ1v) is 6.49. The van der Waals surface area contributed by atoms with E-state index in [1.807, 2.05) is 42.5 Å². The van der Waals surface area contributed by atoms with Crippen LogP contribution in [0, 0.1) is 6.92 Å². The van der Waals surface area contributed by atoms with Crippen molar-refractivity contribution in [3.05, 3.63) is 77.4 Å². The first-order chi connectivity index (χ1) is 9.68. The summed E-state index contributed by atoms with van der Waals surface area (Å²) < 4.78 is 0. The van der Waals surface area contributed by atoms with Crippen LogP contribution in [-0.4, -0.2) is 10.9 Å². The number of fused-ring (bicyclic) bond motifs is 1. The van der Waals surface area contributed by atoms with Gasteiger partial charge in [-0.15, -0.1) is 0 Å². The van der Waals surface area contributed by atoms with Crippen molar-refractivity contribution in [2.45, 2.75) is 6.92 Å². The first-order valence-electron chi connectivity index (χ1n) is 6.49. The summed E-state index contributed by atoms with van der Waals surface area (Å²) in [6.07, 6.45) is 0. The average Bonchev–Trinajstić information content (AvgIpc) is 2.49. The Hall–Kier alpha value is -2.61. The molecule has 0 unspecified atom stereocenters. The molecule has 0 saturated heterocycles. The highest BCUT2D eigenvalue weighted by atomic mass is 16.3. The summed E-state index contributed by atoms with van der Waals surface area (Å²) in [5.74, 6) is 0.0892. The van der Waals surface area contributed by atoms with Crippen LogP contribution in [0.3, 0.4) is 0 Å². The highest BCUT2D eigenvalue weighted by molar-refractivity contribution is 6.17. The molecule has 0 amide bonds. The molecule has 0 heterocycles. The standard InChI is InChI=1S/C18H14O2/c1-12-14(9-5-11-17(12)19)18(20)16-10-4-7-13-6-2-3-8-15(13)16/h2-11,19H,1H3. The van der Waals surface area contributed by atoms with Gasteiger partial charge < -0.3 is 5.11 Å². The van der Waals surface area contributed by atoms with Crippen LogP contribution < -0.4 is 0 Å². The van der Waals surface area contributed by atoms with Gasteiger partial charge >= 0.3 is 0 Å². The summed E-state index contributed by atoms with van der Waals surface area (Å²) in [5, 5.41) is 11.7. The zero-order valence-electron chi connectivity index (χ0n) is 11.1. The molecule has 0 aliphatic heterocycles. The van der Waals surface area contributed by atoms with Crippen molar-refractivity contribution in [2.24, 2.45) is 0 Å². The van der Waals surface area contributed by atoms with E-state index in [4.69, 9.17) is 0 Å². The zero-order chi connectivity index (χ0) is 14.1. The number of hydrogen-bond donors (Lipinski definition) is 1. The zero-order valence-corrected chi connectivity index (χ0v) is 11.1. The summed E-state index contributed by atoms with van der Waals surface area (Å²) in [6.45, 7) is 1.76. The van der Waals surface area contributed by atoms with Crippen LogP contribution in [0.5, 0.6) is 5.75 Å². The largest absolute Gasteiger partial charge is 0.508 e. The second-order valence-corrected chi connectivity index (χ2v) is 4.81. The lowest BCUT2D eigenvalue weighted by molar-refractivity contribution is 0.103. The van der Waals surface area contributed by atoms with E-state index in [2.05, 4.69) is 0 Å². The summed E-state index contributed by atoms with van der Waals surface area (Å²) in [4.78, 5) is 12.7. The maximum absolute atomic E-state index is 12.7. The summed E-state index contributed by atoms with van der Waals surface area (Å²) in [6, 6.07) is 18.5. The molecular weight excluding hydrogens is 248 g/mol. The fourth-order valence-corrected chi connectivity index (χ4v) is 2.44. The molecule has 3 rings (SSSR count). The number of rotatable bonds is 2. The normalized spacial score (nSPS) is 10.7. The van der Waals surface area contributed by atoms with Crippen molar-refractivity contribution in [3.8, 4) is 5.75 Å². The molecule has 1 N–H and O–H groups in total. The Morgan fingerprint density at radius 2 is 1.50 bits per heavy atom. The van der Waals surface area contributed by atoms with Crippen molar-refractivity contribution < 1.29 is 9.90 Å². The molecule has 0 bridgehead atoms. The summed E-state index contributed by atoms with van der Waals surface area (Å²) in [7, 11) is 0. The van der Waals surface area contributed by atoms with E-state index in [0.29, 0.717) is 16.7 Å². The highest BCUT2D eigenvalue weighted by Gasteiger charge is 2.15. The van der Waals surface area contributed by atoms with E-state index in [9.17, 15) is 9.90 Å². The fraction of sp³-hybridized carbons (Fsp3) is 0.0556. The Bertz CT molecular complexity index is 798. The Morgan fingerprint density at radius 3 is 2.35 bits per heavy atom. The lowest BCUT2D eigenvalue weighted by atomic mass is 9.94. The minimum absolute atomic E-state index is 0.0600. The minimum atomic E-state index is -0.0600. The van der Waals surface area contributed by atoms with Gasteiger partial charge in [0.2, 0.25) is 0 Å². The van der Waals surface area contributed by atoms with Crippen LogP contribution in [0.25, 0.3) is 10.8 Å².